The molecule has 0 bridgehead atoms. The molecule has 2 aromatic rings. The third-order valence-corrected chi connectivity index (χ3v) is 8.79. The van der Waals surface area contributed by atoms with Crippen LogP contribution in [0.2, 0.25) is 0 Å². The first-order valence-electron chi connectivity index (χ1n) is 13.8. The molecule has 0 amide bonds. The molecule has 0 N–H and O–H groups in total. The molecule has 2 heterocycles. The summed E-state index contributed by atoms with van der Waals surface area (Å²) in [6.45, 7) is 8.90. The normalized spacial score (nSPS) is 17.6. The summed E-state index contributed by atoms with van der Waals surface area (Å²) < 4.78 is 2.86. The number of nitrogens with zero attached hydrogens (tertiary/aromatic N) is 3. The molecule has 2 fully saturated rings. The van der Waals surface area contributed by atoms with E-state index in [0.29, 0.717) is 6.42 Å². The predicted octanol–water partition coefficient (Wildman–Crippen LogP) is 6.79. The molecule has 2 aliphatic rings. The molecule has 0 unspecified atom stereocenters. The third-order valence-electron chi connectivity index (χ3n) is 7.85. The van der Waals surface area contributed by atoms with Gasteiger partial charge in [-0.25, -0.2) is 0 Å². The number of benzene rings is 1. The Kier molecular flexibility index (Phi) is 14.0. The van der Waals surface area contributed by atoms with Gasteiger partial charge < -0.3 is 4.90 Å². The van der Waals surface area contributed by atoms with Crippen LogP contribution in [0.4, 0.5) is 0 Å². The molecule has 1 aromatic carbocycles. The molecule has 36 heavy (non-hydrogen) atoms. The van der Waals surface area contributed by atoms with E-state index in [4.69, 9.17) is 0 Å². The maximum atomic E-state index is 12.6. The van der Waals surface area contributed by atoms with Crippen LogP contribution in [0.3, 0.4) is 0 Å². The van der Waals surface area contributed by atoms with E-state index in [9.17, 15) is 9.59 Å². The van der Waals surface area contributed by atoms with Gasteiger partial charge in [-0.1, -0.05) is 56.8 Å². The molecule has 1 aliphatic carbocycles. The molecule has 0 radical (unpaired) electrons. The molecule has 0 spiro atoms. The van der Waals surface area contributed by atoms with Crippen molar-refractivity contribution in [3.05, 3.63) is 33.4 Å². The van der Waals surface area contributed by atoms with Gasteiger partial charge in [-0.3, -0.25) is 19.1 Å². The van der Waals surface area contributed by atoms with Crippen molar-refractivity contribution in [3.8, 4) is 0 Å². The van der Waals surface area contributed by atoms with Crippen LogP contribution < -0.4 is 4.87 Å². The largest absolute Gasteiger partial charge is 0.308 e. The minimum atomic E-state index is 0. The number of piperazine rings is 1. The van der Waals surface area contributed by atoms with Gasteiger partial charge in [0.2, 0.25) is 0 Å². The lowest BCUT2D eigenvalue weighted by Crippen LogP contribution is -2.50. The average Bonchev–Trinajstić information content (AvgIpc) is 3.19. The van der Waals surface area contributed by atoms with Crippen molar-refractivity contribution in [2.45, 2.75) is 96.6 Å². The summed E-state index contributed by atoms with van der Waals surface area (Å²) in [6, 6.07) is 6.67. The number of hydrogen-bond donors (Lipinski definition) is 0. The van der Waals surface area contributed by atoms with Crippen LogP contribution in [0.5, 0.6) is 0 Å². The van der Waals surface area contributed by atoms with Crippen LogP contribution in [0.15, 0.2) is 23.0 Å². The summed E-state index contributed by atoms with van der Waals surface area (Å²) in [4.78, 5) is 30.6. The van der Waals surface area contributed by atoms with Gasteiger partial charge in [-0.15, -0.1) is 24.8 Å². The first-order valence-corrected chi connectivity index (χ1v) is 14.6. The molecule has 1 aliphatic heterocycles. The molecular weight excluding hydrogens is 513 g/mol. The number of fused-ring (bicyclic) bond motifs is 1. The fourth-order valence-electron chi connectivity index (χ4n) is 5.71. The van der Waals surface area contributed by atoms with Gasteiger partial charge >= 0.3 is 4.87 Å². The molecule has 0 atom stereocenters. The number of halogens is 2. The van der Waals surface area contributed by atoms with Crippen LogP contribution in [0.25, 0.3) is 10.2 Å². The van der Waals surface area contributed by atoms with Gasteiger partial charge in [0.15, 0.2) is 5.78 Å². The van der Waals surface area contributed by atoms with Gasteiger partial charge in [0.05, 0.1) is 10.2 Å². The van der Waals surface area contributed by atoms with Crippen molar-refractivity contribution in [2.24, 2.45) is 0 Å². The van der Waals surface area contributed by atoms with E-state index >= 15 is 0 Å². The smallest absolute Gasteiger partial charge is 0.301 e. The van der Waals surface area contributed by atoms with Crippen LogP contribution in [0, 0.1) is 0 Å². The summed E-state index contributed by atoms with van der Waals surface area (Å²) in [5.74, 6) is 0.203. The highest BCUT2D eigenvalue weighted by Gasteiger charge is 2.24. The van der Waals surface area contributed by atoms with Gasteiger partial charge in [-0.2, -0.15) is 0 Å². The van der Waals surface area contributed by atoms with E-state index in [1.807, 2.05) is 22.8 Å². The van der Waals surface area contributed by atoms with E-state index in [2.05, 4.69) is 16.7 Å². The summed E-state index contributed by atoms with van der Waals surface area (Å²) >= 11 is 1.28. The second-order valence-corrected chi connectivity index (χ2v) is 11.3. The van der Waals surface area contributed by atoms with Crippen LogP contribution >= 0.6 is 36.2 Å². The number of aromatic nitrogens is 1. The molecule has 8 heteroatoms. The number of rotatable bonds is 12. The first kappa shape index (κ1) is 31.3. The Hall–Kier alpha value is -0.920. The summed E-state index contributed by atoms with van der Waals surface area (Å²) in [6.07, 6.45) is 14.3. The Morgan fingerprint density at radius 2 is 1.64 bits per heavy atom. The van der Waals surface area contributed by atoms with Crippen molar-refractivity contribution in [3.63, 3.8) is 0 Å². The molecular formula is C28H45Cl2N3O2S. The lowest BCUT2D eigenvalue weighted by molar-refractivity contribution is 0.0780. The summed E-state index contributed by atoms with van der Waals surface area (Å²) in [5, 5.41) is 0. The number of aryl methyl sites for hydroxylation is 1. The molecule has 1 saturated carbocycles. The summed E-state index contributed by atoms with van der Waals surface area (Å²) in [5.41, 5.74) is 1.74. The molecule has 1 saturated heterocycles. The number of hydrogen-bond acceptors (Lipinski definition) is 5. The fraction of sp³-hybridized carbons (Fsp3) is 0.714. The maximum Gasteiger partial charge on any atom is 0.308 e. The van der Waals surface area contributed by atoms with Crippen molar-refractivity contribution in [2.75, 3.05) is 32.7 Å². The standard InChI is InChI=1S/C28H43N3O2S.2ClH/c1-2-3-4-8-13-26(32)23-14-15-25-27(22-23)34-28(33)31(25)17-10-9-16-29-18-20-30(21-19-29)24-11-6-5-7-12-24;;/h14-15,22,24H,2-13,16-21H2,1H3;2*1H. The highest BCUT2D eigenvalue weighted by molar-refractivity contribution is 7.16. The number of thiazole rings is 1. The lowest BCUT2D eigenvalue weighted by Gasteiger charge is -2.40. The Bertz CT molecular complexity index is 979. The monoisotopic (exact) mass is 557 g/mol. The van der Waals surface area contributed by atoms with Crippen LogP contribution in [0.1, 0.15) is 94.3 Å². The van der Waals surface area contributed by atoms with Gasteiger partial charge in [0.25, 0.3) is 0 Å². The van der Waals surface area contributed by atoms with E-state index in [0.717, 1.165) is 60.6 Å². The third kappa shape index (κ3) is 8.56. The number of Topliss-reactive ketones (excluding diaryl/α,β-unsaturated/α-hetero) is 1. The van der Waals surface area contributed by atoms with Crippen molar-refractivity contribution < 1.29 is 4.79 Å². The number of carbonyl (C=O) groups is 1. The quantitative estimate of drug-likeness (QED) is 0.213. The zero-order valence-corrected chi connectivity index (χ0v) is 24.4. The highest BCUT2D eigenvalue weighted by Crippen LogP contribution is 2.24. The van der Waals surface area contributed by atoms with Crippen LogP contribution in [-0.2, 0) is 6.54 Å². The Morgan fingerprint density at radius 3 is 2.36 bits per heavy atom. The van der Waals surface area contributed by atoms with Gasteiger partial charge in [0, 0.05) is 50.7 Å². The fourth-order valence-corrected chi connectivity index (χ4v) is 6.67. The van der Waals surface area contributed by atoms with E-state index in [1.165, 1.54) is 82.5 Å². The number of ketones is 1. The van der Waals surface area contributed by atoms with E-state index in [-0.39, 0.29) is 35.5 Å². The Labute approximate surface area is 233 Å². The predicted molar refractivity (Wildman–Crippen MR) is 158 cm³/mol. The average molecular weight is 559 g/mol. The Morgan fingerprint density at radius 1 is 0.917 bits per heavy atom. The van der Waals surface area contributed by atoms with Crippen molar-refractivity contribution in [1.29, 1.82) is 0 Å². The number of carbonyl (C=O) groups excluding carboxylic acids is 1. The number of unbranched alkanes of at least 4 members (excludes halogenated alkanes) is 4. The second-order valence-electron chi connectivity index (χ2n) is 10.3. The zero-order chi connectivity index (χ0) is 23.8. The lowest BCUT2D eigenvalue weighted by atomic mass is 9.94. The second kappa shape index (κ2) is 16.1. The Balaban J connectivity index is 0.00000228. The van der Waals surface area contributed by atoms with E-state index < -0.39 is 0 Å². The minimum absolute atomic E-state index is 0. The molecule has 1 aromatic heterocycles. The molecule has 204 valence electrons. The first-order chi connectivity index (χ1) is 16.7. The highest BCUT2D eigenvalue weighted by atomic mass is 35.5. The summed E-state index contributed by atoms with van der Waals surface area (Å²) in [7, 11) is 0. The maximum absolute atomic E-state index is 12.6. The van der Waals surface area contributed by atoms with Crippen molar-refractivity contribution in [1.82, 2.24) is 14.4 Å². The van der Waals surface area contributed by atoms with Crippen molar-refractivity contribution >= 4 is 52.2 Å². The molecule has 5 nitrogen and oxygen atoms in total. The zero-order valence-electron chi connectivity index (χ0n) is 21.9. The topological polar surface area (TPSA) is 45.6 Å². The van der Waals surface area contributed by atoms with Gasteiger partial charge in [0.1, 0.15) is 0 Å². The van der Waals surface area contributed by atoms with E-state index in [1.54, 1.807) is 0 Å². The SMILES string of the molecule is CCCCCCC(=O)c1ccc2c(c1)sc(=O)n2CCCCN1CCN(C2CCCCC2)CC1.Cl.Cl. The van der Waals surface area contributed by atoms with Gasteiger partial charge in [-0.05, 0) is 56.8 Å². The molecule has 4 rings (SSSR count). The minimum Gasteiger partial charge on any atom is -0.301 e. The van der Waals surface area contributed by atoms with Crippen LogP contribution in [-0.4, -0.2) is 58.9 Å².